The fourth-order valence-electron chi connectivity index (χ4n) is 2.48. The summed E-state index contributed by atoms with van der Waals surface area (Å²) in [7, 11) is 1.64. The molecule has 0 spiro atoms. The minimum atomic E-state index is 0.530. The van der Waals surface area contributed by atoms with Crippen molar-refractivity contribution in [3.05, 3.63) is 67.0 Å². The van der Waals surface area contributed by atoms with E-state index in [2.05, 4.69) is 30.5 Å². The molecule has 0 radical (unpaired) electrons. The van der Waals surface area contributed by atoms with Crippen LogP contribution in [0, 0.1) is 0 Å². The standard InChI is InChI=1S/C18H15N7O/c1-26-15-4-2-3-14(9-15)25-12-22-16-17(20-11-21-18(16)25)24-23-10-13-5-7-19-8-6-13/h2-12H,1H3,(H,20,21,24)/b23-10+. The summed E-state index contributed by atoms with van der Waals surface area (Å²) in [6, 6.07) is 11.4. The summed E-state index contributed by atoms with van der Waals surface area (Å²) in [4.78, 5) is 17.0. The minimum absolute atomic E-state index is 0.530. The SMILES string of the molecule is COc1cccc(-n2cnc3c(N/N=C/c4ccncc4)ncnc32)c1. The van der Waals surface area contributed by atoms with Crippen LogP contribution in [0.5, 0.6) is 5.75 Å². The van der Waals surface area contributed by atoms with Crippen molar-refractivity contribution in [1.82, 2.24) is 24.5 Å². The second kappa shape index (κ2) is 6.98. The monoisotopic (exact) mass is 345 g/mol. The summed E-state index contributed by atoms with van der Waals surface area (Å²) in [6.45, 7) is 0. The predicted molar refractivity (Wildman–Crippen MR) is 98.7 cm³/mol. The van der Waals surface area contributed by atoms with Gasteiger partial charge >= 0.3 is 0 Å². The van der Waals surface area contributed by atoms with E-state index in [0.717, 1.165) is 17.0 Å². The summed E-state index contributed by atoms with van der Waals surface area (Å²) in [5, 5.41) is 4.21. The van der Waals surface area contributed by atoms with Gasteiger partial charge < -0.3 is 4.74 Å². The first-order valence-electron chi connectivity index (χ1n) is 7.87. The molecule has 1 aromatic carbocycles. The maximum Gasteiger partial charge on any atom is 0.177 e. The van der Waals surface area contributed by atoms with Crippen LogP contribution in [0.15, 0.2) is 66.5 Å². The highest BCUT2D eigenvalue weighted by Crippen LogP contribution is 2.23. The highest BCUT2D eigenvalue weighted by atomic mass is 16.5. The van der Waals surface area contributed by atoms with Crippen molar-refractivity contribution in [1.29, 1.82) is 0 Å². The van der Waals surface area contributed by atoms with Gasteiger partial charge in [0.1, 0.15) is 18.4 Å². The quantitative estimate of drug-likeness (QED) is 0.442. The molecule has 0 bridgehead atoms. The first-order valence-corrected chi connectivity index (χ1v) is 7.87. The first-order chi connectivity index (χ1) is 12.8. The Hall–Kier alpha value is -3.81. The van der Waals surface area contributed by atoms with Gasteiger partial charge in [-0.25, -0.2) is 15.0 Å². The number of aromatic nitrogens is 5. The fourth-order valence-corrected chi connectivity index (χ4v) is 2.48. The van der Waals surface area contributed by atoms with Gasteiger partial charge in [0.25, 0.3) is 0 Å². The number of anilines is 1. The summed E-state index contributed by atoms with van der Waals surface area (Å²) in [6.07, 6.45) is 8.28. The van der Waals surface area contributed by atoms with Gasteiger partial charge in [-0.2, -0.15) is 5.10 Å². The molecule has 8 heteroatoms. The molecular weight excluding hydrogens is 330 g/mol. The fraction of sp³-hybridized carbons (Fsp3) is 0.0556. The van der Waals surface area contributed by atoms with E-state index in [1.54, 1.807) is 32.0 Å². The molecule has 4 rings (SSSR count). The molecule has 3 aromatic heterocycles. The first kappa shape index (κ1) is 15.7. The van der Waals surface area contributed by atoms with Crippen molar-refractivity contribution in [3.63, 3.8) is 0 Å². The number of benzene rings is 1. The Morgan fingerprint density at radius 3 is 2.85 bits per heavy atom. The zero-order valence-electron chi connectivity index (χ0n) is 13.9. The lowest BCUT2D eigenvalue weighted by molar-refractivity contribution is 0.414. The number of nitrogens with one attached hydrogen (secondary N) is 1. The minimum Gasteiger partial charge on any atom is -0.497 e. The number of hydrazone groups is 1. The Balaban J connectivity index is 1.66. The van der Waals surface area contributed by atoms with Crippen LogP contribution >= 0.6 is 0 Å². The number of fused-ring (bicyclic) bond motifs is 1. The molecule has 0 aliphatic carbocycles. The number of imidazole rings is 1. The van der Waals surface area contributed by atoms with E-state index in [-0.39, 0.29) is 0 Å². The molecular formula is C18H15N7O. The molecule has 128 valence electrons. The van der Waals surface area contributed by atoms with E-state index in [1.165, 1.54) is 6.33 Å². The molecule has 0 aliphatic heterocycles. The van der Waals surface area contributed by atoms with Gasteiger partial charge in [0.05, 0.1) is 19.0 Å². The third-order valence-corrected chi connectivity index (χ3v) is 3.76. The Bertz CT molecular complexity index is 1060. The smallest absolute Gasteiger partial charge is 0.177 e. The van der Waals surface area contributed by atoms with E-state index >= 15 is 0 Å². The summed E-state index contributed by atoms with van der Waals surface area (Å²) < 4.78 is 7.15. The Kier molecular flexibility index (Phi) is 4.21. The van der Waals surface area contributed by atoms with Gasteiger partial charge in [-0.1, -0.05) is 6.07 Å². The van der Waals surface area contributed by atoms with E-state index in [4.69, 9.17) is 4.74 Å². The van der Waals surface area contributed by atoms with Crippen molar-refractivity contribution >= 4 is 23.2 Å². The maximum atomic E-state index is 5.28. The van der Waals surface area contributed by atoms with E-state index in [9.17, 15) is 0 Å². The third kappa shape index (κ3) is 3.07. The van der Waals surface area contributed by atoms with Crippen molar-refractivity contribution in [3.8, 4) is 11.4 Å². The average Bonchev–Trinajstić information content (AvgIpc) is 3.14. The summed E-state index contributed by atoms with van der Waals surface area (Å²) in [5.74, 6) is 1.29. The summed E-state index contributed by atoms with van der Waals surface area (Å²) in [5.41, 5.74) is 6.05. The Morgan fingerprint density at radius 2 is 2.00 bits per heavy atom. The van der Waals surface area contributed by atoms with Crippen molar-refractivity contribution in [2.45, 2.75) is 0 Å². The van der Waals surface area contributed by atoms with Crippen LogP contribution in [0.3, 0.4) is 0 Å². The topological polar surface area (TPSA) is 90.1 Å². The van der Waals surface area contributed by atoms with Gasteiger partial charge in [0, 0.05) is 18.5 Å². The van der Waals surface area contributed by atoms with Crippen LogP contribution < -0.4 is 10.2 Å². The molecule has 26 heavy (non-hydrogen) atoms. The highest BCUT2D eigenvalue weighted by molar-refractivity contribution is 5.85. The lowest BCUT2D eigenvalue weighted by Crippen LogP contribution is -1.98. The highest BCUT2D eigenvalue weighted by Gasteiger charge is 2.11. The molecule has 0 saturated carbocycles. The van der Waals surface area contributed by atoms with Gasteiger partial charge in [-0.15, -0.1) is 0 Å². The predicted octanol–water partition coefficient (Wildman–Crippen LogP) is 2.67. The second-order valence-electron chi connectivity index (χ2n) is 5.36. The lowest BCUT2D eigenvalue weighted by Gasteiger charge is -2.06. The average molecular weight is 345 g/mol. The maximum absolute atomic E-state index is 5.28. The van der Waals surface area contributed by atoms with Crippen LogP contribution in [0.4, 0.5) is 5.82 Å². The number of nitrogens with zero attached hydrogens (tertiary/aromatic N) is 6. The molecule has 3 heterocycles. The van der Waals surface area contributed by atoms with E-state index in [0.29, 0.717) is 17.0 Å². The van der Waals surface area contributed by atoms with Gasteiger partial charge in [-0.3, -0.25) is 15.0 Å². The van der Waals surface area contributed by atoms with E-state index in [1.807, 2.05) is 41.0 Å². The number of rotatable bonds is 5. The Morgan fingerprint density at radius 1 is 1.12 bits per heavy atom. The van der Waals surface area contributed by atoms with Crippen molar-refractivity contribution < 1.29 is 4.74 Å². The molecule has 0 aliphatic rings. The zero-order chi connectivity index (χ0) is 17.8. The molecule has 0 saturated heterocycles. The van der Waals surface area contributed by atoms with Gasteiger partial charge in [0.15, 0.2) is 17.0 Å². The number of ether oxygens (including phenoxy) is 1. The van der Waals surface area contributed by atoms with Gasteiger partial charge in [0.2, 0.25) is 0 Å². The van der Waals surface area contributed by atoms with Crippen molar-refractivity contribution in [2.24, 2.45) is 5.10 Å². The second-order valence-corrected chi connectivity index (χ2v) is 5.36. The number of hydrogen-bond acceptors (Lipinski definition) is 7. The van der Waals surface area contributed by atoms with Crippen LogP contribution in [0.25, 0.3) is 16.9 Å². The molecule has 8 nitrogen and oxygen atoms in total. The van der Waals surface area contributed by atoms with Crippen molar-refractivity contribution in [2.75, 3.05) is 12.5 Å². The third-order valence-electron chi connectivity index (χ3n) is 3.76. The number of hydrogen-bond donors (Lipinski definition) is 1. The van der Waals surface area contributed by atoms with Crippen LogP contribution in [0.1, 0.15) is 5.56 Å². The molecule has 0 atom stereocenters. The number of pyridine rings is 1. The largest absolute Gasteiger partial charge is 0.497 e. The summed E-state index contributed by atoms with van der Waals surface area (Å²) >= 11 is 0. The van der Waals surface area contributed by atoms with Crippen LogP contribution in [-0.2, 0) is 0 Å². The zero-order valence-corrected chi connectivity index (χ0v) is 13.9. The van der Waals surface area contributed by atoms with Gasteiger partial charge in [-0.05, 0) is 29.8 Å². The van der Waals surface area contributed by atoms with Crippen LogP contribution in [-0.4, -0.2) is 37.8 Å². The van der Waals surface area contributed by atoms with E-state index < -0.39 is 0 Å². The molecule has 0 unspecified atom stereocenters. The molecule has 0 fully saturated rings. The Labute approximate surface area is 149 Å². The van der Waals surface area contributed by atoms with Crippen LogP contribution in [0.2, 0.25) is 0 Å². The molecule has 1 N–H and O–H groups in total. The normalized spacial score (nSPS) is 11.1. The molecule has 4 aromatic rings. The lowest BCUT2D eigenvalue weighted by atomic mass is 10.3. The number of methoxy groups -OCH3 is 1. The molecule has 0 amide bonds.